The van der Waals surface area contributed by atoms with Gasteiger partial charge in [-0.1, -0.05) is 40.2 Å². The summed E-state index contributed by atoms with van der Waals surface area (Å²) in [6, 6.07) is 19.5. The molecule has 3 N–H and O–H groups in total. The van der Waals surface area contributed by atoms with E-state index in [1.807, 2.05) is 19.1 Å². The second kappa shape index (κ2) is 13.1. The number of methoxy groups -OCH3 is 1. The van der Waals surface area contributed by atoms with Crippen LogP contribution in [0.3, 0.4) is 0 Å². The van der Waals surface area contributed by atoms with Crippen LogP contribution in [0.4, 0.5) is 5.69 Å². The number of nitrogens with one attached hydrogen (secondary N) is 3. The van der Waals surface area contributed by atoms with Gasteiger partial charge in [0, 0.05) is 22.3 Å². The van der Waals surface area contributed by atoms with Gasteiger partial charge < -0.3 is 20.1 Å². The van der Waals surface area contributed by atoms with Crippen molar-refractivity contribution in [2.75, 3.05) is 19.0 Å². The van der Waals surface area contributed by atoms with E-state index in [1.165, 1.54) is 6.21 Å². The highest BCUT2D eigenvalue weighted by Crippen LogP contribution is 2.20. The highest BCUT2D eigenvalue weighted by molar-refractivity contribution is 9.10. The van der Waals surface area contributed by atoms with Crippen LogP contribution in [0, 0.1) is 6.92 Å². The highest BCUT2D eigenvalue weighted by atomic mass is 79.9. The maximum Gasteiger partial charge on any atom is 0.329 e. The molecule has 0 radical (unpaired) electrons. The Balaban J connectivity index is 1.49. The molecule has 0 aromatic heterocycles. The summed E-state index contributed by atoms with van der Waals surface area (Å²) >= 11 is 3.39. The molecule has 0 saturated carbocycles. The Hall–Kier alpha value is -4.18. The monoisotopic (exact) mass is 552 g/mol. The lowest BCUT2D eigenvalue weighted by molar-refractivity contribution is -0.139. The van der Waals surface area contributed by atoms with Crippen LogP contribution in [0.2, 0.25) is 0 Å². The van der Waals surface area contributed by atoms with Crippen molar-refractivity contribution in [3.63, 3.8) is 0 Å². The third kappa shape index (κ3) is 7.95. The first-order chi connectivity index (χ1) is 17.4. The van der Waals surface area contributed by atoms with Crippen molar-refractivity contribution in [2.45, 2.75) is 13.5 Å². The van der Waals surface area contributed by atoms with E-state index in [0.717, 1.165) is 15.6 Å². The predicted octanol–water partition coefficient (Wildman–Crippen LogP) is 3.55. The average molecular weight is 553 g/mol. The number of amides is 3. The van der Waals surface area contributed by atoms with Gasteiger partial charge in [0.25, 0.3) is 5.91 Å². The van der Waals surface area contributed by atoms with Crippen molar-refractivity contribution in [2.24, 2.45) is 5.10 Å². The van der Waals surface area contributed by atoms with Crippen LogP contribution in [-0.2, 0) is 20.9 Å². The fraction of sp³-hybridized carbons (Fsp3) is 0.154. The number of anilines is 1. The Labute approximate surface area is 217 Å². The first kappa shape index (κ1) is 26.4. The zero-order valence-corrected chi connectivity index (χ0v) is 21.3. The maximum atomic E-state index is 12.3. The standard InChI is InChI=1S/C26H25BrN4O5/c1-17-13-20(27)9-12-22(17)30-24(32)16-36-23-6-4-3-5-19(23)15-29-31-26(34)25(33)28-14-18-7-10-21(35-2)11-8-18/h3-13,15H,14,16H2,1-2H3,(H,28,33)(H,30,32)(H,31,34)/b29-15-. The quantitative estimate of drug-likeness (QED) is 0.213. The molecule has 186 valence electrons. The first-order valence-electron chi connectivity index (χ1n) is 10.9. The van der Waals surface area contributed by atoms with Crippen LogP contribution in [0.15, 0.2) is 76.3 Å². The number of hydrogen-bond acceptors (Lipinski definition) is 6. The summed E-state index contributed by atoms with van der Waals surface area (Å²) in [7, 11) is 1.56. The number of carbonyl (C=O) groups is 3. The molecule has 9 nitrogen and oxygen atoms in total. The number of para-hydroxylation sites is 1. The predicted molar refractivity (Wildman–Crippen MR) is 140 cm³/mol. The third-order valence-corrected chi connectivity index (χ3v) is 5.42. The van der Waals surface area contributed by atoms with Crippen LogP contribution in [0.25, 0.3) is 0 Å². The minimum Gasteiger partial charge on any atom is -0.497 e. The van der Waals surface area contributed by atoms with Gasteiger partial charge in [0.1, 0.15) is 11.5 Å². The fourth-order valence-corrected chi connectivity index (χ4v) is 3.51. The molecule has 0 spiro atoms. The maximum absolute atomic E-state index is 12.3. The van der Waals surface area contributed by atoms with Gasteiger partial charge in [-0.25, -0.2) is 5.43 Å². The topological polar surface area (TPSA) is 118 Å². The van der Waals surface area contributed by atoms with Crippen molar-refractivity contribution in [1.82, 2.24) is 10.7 Å². The number of nitrogens with zero attached hydrogens (tertiary/aromatic N) is 1. The molecule has 0 aliphatic carbocycles. The minimum atomic E-state index is -0.914. The molecule has 0 fully saturated rings. The first-order valence-corrected chi connectivity index (χ1v) is 11.7. The number of halogens is 1. The van der Waals surface area contributed by atoms with E-state index in [-0.39, 0.29) is 19.1 Å². The molecule has 0 saturated heterocycles. The fourth-order valence-electron chi connectivity index (χ4n) is 3.03. The lowest BCUT2D eigenvalue weighted by atomic mass is 10.2. The van der Waals surface area contributed by atoms with Crippen molar-refractivity contribution in [1.29, 1.82) is 0 Å². The van der Waals surface area contributed by atoms with Gasteiger partial charge in [-0.05, 0) is 60.5 Å². The molecule has 0 bridgehead atoms. The number of carbonyl (C=O) groups excluding carboxylic acids is 3. The molecule has 3 aromatic rings. The van der Waals surface area contributed by atoms with Crippen LogP contribution in [-0.4, -0.2) is 37.7 Å². The van der Waals surface area contributed by atoms with E-state index in [4.69, 9.17) is 9.47 Å². The van der Waals surface area contributed by atoms with Gasteiger partial charge in [0.15, 0.2) is 6.61 Å². The largest absolute Gasteiger partial charge is 0.497 e. The molecule has 3 rings (SSSR count). The molecule has 36 heavy (non-hydrogen) atoms. The molecule has 3 amide bonds. The Morgan fingerprint density at radius 2 is 1.75 bits per heavy atom. The molecule has 10 heteroatoms. The van der Waals surface area contributed by atoms with Crippen LogP contribution in [0.5, 0.6) is 11.5 Å². The summed E-state index contributed by atoms with van der Waals surface area (Å²) in [6.45, 7) is 1.85. The molecule has 0 aliphatic heterocycles. The van der Waals surface area contributed by atoms with E-state index in [9.17, 15) is 14.4 Å². The summed E-state index contributed by atoms with van der Waals surface area (Å²) in [6.07, 6.45) is 1.33. The van der Waals surface area contributed by atoms with Crippen LogP contribution < -0.4 is 25.5 Å². The van der Waals surface area contributed by atoms with E-state index in [1.54, 1.807) is 61.7 Å². The average Bonchev–Trinajstić information content (AvgIpc) is 2.88. The summed E-state index contributed by atoms with van der Waals surface area (Å²) in [5.41, 5.74) is 5.11. The van der Waals surface area contributed by atoms with Gasteiger partial charge in [-0.3, -0.25) is 14.4 Å². The number of hydrogen-bond donors (Lipinski definition) is 3. The Morgan fingerprint density at radius 3 is 2.47 bits per heavy atom. The Bertz CT molecular complexity index is 1260. The summed E-state index contributed by atoms with van der Waals surface area (Å²) in [4.78, 5) is 36.4. The molecule has 0 atom stereocenters. The van der Waals surface area contributed by atoms with Gasteiger partial charge in [-0.15, -0.1) is 0 Å². The summed E-state index contributed by atoms with van der Waals surface area (Å²) in [5, 5.41) is 9.15. The van der Waals surface area contributed by atoms with Crippen LogP contribution in [0.1, 0.15) is 16.7 Å². The Morgan fingerprint density at radius 1 is 1.00 bits per heavy atom. The Kier molecular flexibility index (Phi) is 9.58. The molecule has 0 heterocycles. The summed E-state index contributed by atoms with van der Waals surface area (Å²) < 4.78 is 11.6. The molecule has 0 unspecified atom stereocenters. The second-order valence-electron chi connectivity index (χ2n) is 7.56. The zero-order chi connectivity index (χ0) is 25.9. The summed E-state index contributed by atoms with van der Waals surface area (Å²) in [5.74, 6) is -0.979. The number of rotatable bonds is 9. The molecule has 0 aliphatic rings. The molecular weight excluding hydrogens is 528 g/mol. The normalized spacial score (nSPS) is 10.5. The van der Waals surface area contributed by atoms with Crippen molar-refractivity contribution in [3.05, 3.63) is 87.9 Å². The van der Waals surface area contributed by atoms with Gasteiger partial charge >= 0.3 is 11.8 Å². The molecule has 3 aromatic carbocycles. The van der Waals surface area contributed by atoms with E-state index < -0.39 is 11.8 Å². The van der Waals surface area contributed by atoms with E-state index >= 15 is 0 Å². The van der Waals surface area contributed by atoms with E-state index in [2.05, 4.69) is 37.1 Å². The number of aryl methyl sites for hydroxylation is 1. The third-order valence-electron chi connectivity index (χ3n) is 4.93. The second-order valence-corrected chi connectivity index (χ2v) is 8.48. The van der Waals surface area contributed by atoms with Gasteiger partial charge in [0.2, 0.25) is 0 Å². The number of hydrazone groups is 1. The van der Waals surface area contributed by atoms with Crippen LogP contribution >= 0.6 is 15.9 Å². The van der Waals surface area contributed by atoms with Gasteiger partial charge in [0.05, 0.1) is 13.3 Å². The smallest absolute Gasteiger partial charge is 0.329 e. The van der Waals surface area contributed by atoms with Crippen molar-refractivity contribution < 1.29 is 23.9 Å². The van der Waals surface area contributed by atoms with Gasteiger partial charge in [-0.2, -0.15) is 5.10 Å². The lowest BCUT2D eigenvalue weighted by Crippen LogP contribution is -2.37. The SMILES string of the molecule is COc1ccc(CNC(=O)C(=O)N/N=C\c2ccccc2OCC(=O)Nc2ccc(Br)cc2C)cc1. The lowest BCUT2D eigenvalue weighted by Gasteiger charge is -2.11. The number of benzene rings is 3. The highest BCUT2D eigenvalue weighted by Gasteiger charge is 2.12. The molecular formula is C26H25BrN4O5. The minimum absolute atomic E-state index is 0.179. The van der Waals surface area contributed by atoms with Crippen molar-refractivity contribution in [3.8, 4) is 11.5 Å². The van der Waals surface area contributed by atoms with E-state index in [0.29, 0.717) is 22.7 Å². The number of ether oxygens (including phenoxy) is 2. The zero-order valence-electron chi connectivity index (χ0n) is 19.7. The van der Waals surface area contributed by atoms with Crippen molar-refractivity contribution >= 4 is 45.6 Å².